The Hall–Kier alpha value is -2.44. The maximum Gasteiger partial charge on any atom is 0.193 e. The zero-order valence-corrected chi connectivity index (χ0v) is 15.7. The molecule has 0 saturated carbocycles. The van der Waals surface area contributed by atoms with E-state index in [1.165, 1.54) is 0 Å². The second kappa shape index (κ2) is 9.89. The Morgan fingerprint density at radius 2 is 1.92 bits per heavy atom. The lowest BCUT2D eigenvalue weighted by molar-refractivity contribution is 0.187. The number of hydrogen-bond donors (Lipinski definition) is 3. The highest BCUT2D eigenvalue weighted by atomic mass is 35.5. The van der Waals surface area contributed by atoms with E-state index >= 15 is 0 Å². The van der Waals surface area contributed by atoms with Crippen LogP contribution >= 0.6 is 11.6 Å². The smallest absolute Gasteiger partial charge is 0.193 e. The first-order chi connectivity index (χ1) is 12.5. The van der Waals surface area contributed by atoms with Gasteiger partial charge in [0, 0.05) is 16.7 Å². The molecule has 2 rings (SSSR count). The van der Waals surface area contributed by atoms with E-state index < -0.39 is 6.10 Å². The number of nitrogens with two attached hydrogens (primary N) is 1. The van der Waals surface area contributed by atoms with Gasteiger partial charge in [-0.2, -0.15) is 0 Å². The van der Waals surface area contributed by atoms with Crippen LogP contribution in [0.5, 0.6) is 11.5 Å². The summed E-state index contributed by atoms with van der Waals surface area (Å²) in [6.45, 7) is 4.97. The maximum atomic E-state index is 10.2. The van der Waals surface area contributed by atoms with Crippen LogP contribution in [-0.4, -0.2) is 30.8 Å². The van der Waals surface area contributed by atoms with Crippen LogP contribution in [0.15, 0.2) is 47.5 Å². The molecule has 26 heavy (non-hydrogen) atoms. The molecule has 0 aromatic heterocycles. The van der Waals surface area contributed by atoms with E-state index in [9.17, 15) is 5.11 Å². The van der Waals surface area contributed by atoms with E-state index in [0.29, 0.717) is 41.0 Å². The van der Waals surface area contributed by atoms with Crippen molar-refractivity contribution in [3.63, 3.8) is 0 Å². The van der Waals surface area contributed by atoms with E-state index in [1.807, 2.05) is 32.0 Å². The standard InChI is InChI=1S/C19H24ClN3O3/c1-3-25-13-9-10-18(26-4-2)16(11-13)23-19(21)22-12-17(24)14-7-5-6-8-15(14)20/h5-11,17,24H,3-4,12H2,1-2H3,(H3,21,22,23). The first-order valence-corrected chi connectivity index (χ1v) is 8.82. The summed E-state index contributed by atoms with van der Waals surface area (Å²) in [5.41, 5.74) is 7.21. The largest absolute Gasteiger partial charge is 0.494 e. The molecule has 6 nitrogen and oxygen atoms in total. The number of nitrogens with zero attached hydrogens (tertiary/aromatic N) is 1. The van der Waals surface area contributed by atoms with Crippen molar-refractivity contribution in [2.24, 2.45) is 10.7 Å². The van der Waals surface area contributed by atoms with Crippen LogP contribution in [-0.2, 0) is 0 Å². The van der Waals surface area contributed by atoms with Crippen molar-refractivity contribution in [3.8, 4) is 11.5 Å². The Morgan fingerprint density at radius 3 is 2.62 bits per heavy atom. The normalized spacial score (nSPS) is 12.5. The fourth-order valence-corrected chi connectivity index (χ4v) is 2.61. The second-order valence-corrected chi connectivity index (χ2v) is 5.82. The third kappa shape index (κ3) is 5.54. The molecule has 0 aliphatic heterocycles. The SMILES string of the molecule is CCOc1ccc(OCC)c(NC(N)=NCC(O)c2ccccc2Cl)c1. The number of hydrogen-bond acceptors (Lipinski definition) is 4. The van der Waals surface area contributed by atoms with Crippen LogP contribution in [0.3, 0.4) is 0 Å². The summed E-state index contributed by atoms with van der Waals surface area (Å²) in [6.07, 6.45) is -0.842. The Labute approximate surface area is 158 Å². The molecule has 0 fully saturated rings. The topological polar surface area (TPSA) is 89.1 Å². The number of ether oxygens (including phenoxy) is 2. The zero-order chi connectivity index (χ0) is 18.9. The Bertz CT molecular complexity index is 753. The summed E-state index contributed by atoms with van der Waals surface area (Å²) in [7, 11) is 0. The van der Waals surface area contributed by atoms with Crippen molar-refractivity contribution >= 4 is 23.2 Å². The molecule has 0 amide bonds. The third-order valence-corrected chi connectivity index (χ3v) is 3.87. The van der Waals surface area contributed by atoms with Gasteiger partial charge in [-0.05, 0) is 32.0 Å². The summed E-state index contributed by atoms with van der Waals surface area (Å²) in [6, 6.07) is 12.5. The van der Waals surface area contributed by atoms with Gasteiger partial charge >= 0.3 is 0 Å². The minimum Gasteiger partial charge on any atom is -0.494 e. The summed E-state index contributed by atoms with van der Waals surface area (Å²) < 4.78 is 11.1. The van der Waals surface area contributed by atoms with Crippen LogP contribution in [0.25, 0.3) is 0 Å². The van der Waals surface area contributed by atoms with Crippen LogP contribution in [0, 0.1) is 0 Å². The number of benzene rings is 2. The van der Waals surface area contributed by atoms with Gasteiger partial charge in [0.2, 0.25) is 0 Å². The van der Waals surface area contributed by atoms with Gasteiger partial charge in [0.1, 0.15) is 17.6 Å². The number of aliphatic hydroxyl groups is 1. The molecule has 0 aliphatic rings. The molecule has 2 aromatic rings. The minimum atomic E-state index is -0.842. The Morgan fingerprint density at radius 1 is 1.19 bits per heavy atom. The predicted octanol–water partition coefficient (Wildman–Crippen LogP) is 3.60. The number of halogens is 1. The van der Waals surface area contributed by atoms with Crippen LogP contribution in [0.4, 0.5) is 5.69 Å². The van der Waals surface area contributed by atoms with Gasteiger partial charge in [-0.1, -0.05) is 29.8 Å². The zero-order valence-electron chi connectivity index (χ0n) is 14.9. The highest BCUT2D eigenvalue weighted by Crippen LogP contribution is 2.29. The van der Waals surface area contributed by atoms with Gasteiger partial charge in [0.15, 0.2) is 5.96 Å². The number of aliphatic imine (C=N–C) groups is 1. The molecular formula is C19H24ClN3O3. The number of guanidine groups is 1. The van der Waals surface area contributed by atoms with E-state index in [-0.39, 0.29) is 12.5 Å². The van der Waals surface area contributed by atoms with E-state index in [4.69, 9.17) is 26.8 Å². The lowest BCUT2D eigenvalue weighted by atomic mass is 10.1. The molecule has 4 N–H and O–H groups in total. The highest BCUT2D eigenvalue weighted by Gasteiger charge is 2.11. The van der Waals surface area contributed by atoms with Crippen molar-refractivity contribution < 1.29 is 14.6 Å². The summed E-state index contributed by atoms with van der Waals surface area (Å²) in [5, 5.41) is 13.7. The lowest BCUT2D eigenvalue weighted by Crippen LogP contribution is -2.24. The third-order valence-electron chi connectivity index (χ3n) is 3.52. The average molecular weight is 378 g/mol. The molecule has 0 spiro atoms. The molecule has 0 saturated heterocycles. The van der Waals surface area contributed by atoms with Gasteiger partial charge in [-0.3, -0.25) is 4.99 Å². The highest BCUT2D eigenvalue weighted by molar-refractivity contribution is 6.31. The average Bonchev–Trinajstić information content (AvgIpc) is 2.62. The molecule has 1 atom stereocenters. The molecule has 0 heterocycles. The van der Waals surface area contributed by atoms with Gasteiger partial charge in [0.25, 0.3) is 0 Å². The molecule has 7 heteroatoms. The number of rotatable bonds is 8. The molecule has 0 radical (unpaired) electrons. The number of aliphatic hydroxyl groups excluding tert-OH is 1. The molecule has 0 bridgehead atoms. The predicted molar refractivity (Wildman–Crippen MR) is 105 cm³/mol. The Balaban J connectivity index is 2.10. The minimum absolute atomic E-state index is 0.0810. The van der Waals surface area contributed by atoms with Crippen molar-refractivity contribution in [3.05, 3.63) is 53.1 Å². The van der Waals surface area contributed by atoms with Gasteiger partial charge in [-0.15, -0.1) is 0 Å². The van der Waals surface area contributed by atoms with Gasteiger partial charge in [-0.25, -0.2) is 0 Å². The van der Waals surface area contributed by atoms with E-state index in [0.717, 1.165) is 0 Å². The fourth-order valence-electron chi connectivity index (χ4n) is 2.35. The molecule has 2 aromatic carbocycles. The summed E-state index contributed by atoms with van der Waals surface area (Å²) in [4.78, 5) is 4.19. The molecule has 140 valence electrons. The van der Waals surface area contributed by atoms with Gasteiger partial charge < -0.3 is 25.6 Å². The monoisotopic (exact) mass is 377 g/mol. The van der Waals surface area contributed by atoms with Crippen LogP contribution in [0.1, 0.15) is 25.5 Å². The molecular weight excluding hydrogens is 354 g/mol. The van der Waals surface area contributed by atoms with Crippen molar-refractivity contribution in [2.45, 2.75) is 20.0 Å². The number of nitrogens with one attached hydrogen (secondary N) is 1. The first kappa shape index (κ1) is 19.9. The van der Waals surface area contributed by atoms with E-state index in [1.54, 1.807) is 24.3 Å². The number of anilines is 1. The lowest BCUT2D eigenvalue weighted by Gasteiger charge is -2.15. The summed E-state index contributed by atoms with van der Waals surface area (Å²) >= 11 is 6.08. The summed E-state index contributed by atoms with van der Waals surface area (Å²) in [5.74, 6) is 1.49. The molecule has 0 aliphatic carbocycles. The fraction of sp³-hybridized carbons (Fsp3) is 0.316. The van der Waals surface area contributed by atoms with Crippen molar-refractivity contribution in [1.82, 2.24) is 0 Å². The van der Waals surface area contributed by atoms with Crippen LogP contribution < -0.4 is 20.5 Å². The maximum absolute atomic E-state index is 10.2. The second-order valence-electron chi connectivity index (χ2n) is 5.41. The van der Waals surface area contributed by atoms with Crippen molar-refractivity contribution in [1.29, 1.82) is 0 Å². The van der Waals surface area contributed by atoms with Gasteiger partial charge in [0.05, 0.1) is 25.4 Å². The van der Waals surface area contributed by atoms with Crippen molar-refractivity contribution in [2.75, 3.05) is 25.1 Å². The van der Waals surface area contributed by atoms with Crippen LogP contribution in [0.2, 0.25) is 5.02 Å². The quantitative estimate of drug-likeness (QED) is 0.483. The Kier molecular flexibility index (Phi) is 7.56. The first-order valence-electron chi connectivity index (χ1n) is 8.44. The molecule has 1 unspecified atom stereocenters. The van der Waals surface area contributed by atoms with E-state index in [2.05, 4.69) is 10.3 Å².